The molecule has 1 heterocycles. The lowest BCUT2D eigenvalue weighted by molar-refractivity contribution is 0.0535. The van der Waals surface area contributed by atoms with Crippen LogP contribution in [0.25, 0.3) is 0 Å². The molecular weight excluding hydrogens is 319 g/mol. The molecule has 0 bridgehead atoms. The van der Waals surface area contributed by atoms with Crippen molar-refractivity contribution in [1.29, 1.82) is 0 Å². The van der Waals surface area contributed by atoms with Crippen LogP contribution in [0.1, 0.15) is 31.8 Å². The molecule has 25 heavy (non-hydrogen) atoms. The maximum Gasteiger partial charge on any atom is 0.253 e. The van der Waals surface area contributed by atoms with E-state index in [0.29, 0.717) is 37.3 Å². The molecule has 3 rings (SSSR count). The molecule has 0 atom stereocenters. The zero-order valence-electron chi connectivity index (χ0n) is 14.5. The quantitative estimate of drug-likeness (QED) is 0.843. The smallest absolute Gasteiger partial charge is 0.253 e. The molecule has 1 saturated heterocycles. The van der Waals surface area contributed by atoms with Crippen LogP contribution in [-0.2, 0) is 0 Å². The third kappa shape index (κ3) is 3.87. The summed E-state index contributed by atoms with van der Waals surface area (Å²) < 4.78 is 13.0. The number of hydrogen-bond donors (Lipinski definition) is 0. The van der Waals surface area contributed by atoms with Crippen molar-refractivity contribution < 1.29 is 14.0 Å². The van der Waals surface area contributed by atoms with Crippen molar-refractivity contribution in [2.24, 2.45) is 0 Å². The van der Waals surface area contributed by atoms with Gasteiger partial charge < -0.3 is 9.80 Å². The van der Waals surface area contributed by atoms with Gasteiger partial charge in [0.05, 0.1) is 0 Å². The Hall–Kier alpha value is -2.69. The highest BCUT2D eigenvalue weighted by molar-refractivity contribution is 5.96. The van der Waals surface area contributed by atoms with Crippen molar-refractivity contribution in [3.05, 3.63) is 70.5 Å². The molecule has 0 radical (unpaired) electrons. The molecule has 2 aromatic carbocycles. The molecule has 0 aliphatic carbocycles. The first-order valence-corrected chi connectivity index (χ1v) is 8.36. The second-order valence-corrected chi connectivity index (χ2v) is 6.47. The van der Waals surface area contributed by atoms with E-state index in [2.05, 4.69) is 0 Å². The molecule has 0 saturated carbocycles. The molecular formula is C20H21FN2O2. The van der Waals surface area contributed by atoms with Gasteiger partial charge in [-0.2, -0.15) is 0 Å². The van der Waals surface area contributed by atoms with Crippen LogP contribution in [0.4, 0.5) is 4.39 Å². The van der Waals surface area contributed by atoms with E-state index in [9.17, 15) is 14.0 Å². The second-order valence-electron chi connectivity index (χ2n) is 6.47. The van der Waals surface area contributed by atoms with Crippen molar-refractivity contribution in [2.75, 3.05) is 26.2 Å². The van der Waals surface area contributed by atoms with Crippen LogP contribution >= 0.6 is 0 Å². The highest BCUT2D eigenvalue weighted by atomic mass is 19.1. The van der Waals surface area contributed by atoms with Gasteiger partial charge in [0.25, 0.3) is 11.8 Å². The molecule has 0 aromatic heterocycles. The third-order valence-corrected chi connectivity index (χ3v) is 4.41. The third-order valence-electron chi connectivity index (χ3n) is 4.41. The highest BCUT2D eigenvalue weighted by Crippen LogP contribution is 2.15. The van der Waals surface area contributed by atoms with E-state index in [1.165, 1.54) is 24.3 Å². The summed E-state index contributed by atoms with van der Waals surface area (Å²) in [5.41, 5.74) is 3.29. The largest absolute Gasteiger partial charge is 0.335 e. The van der Waals surface area contributed by atoms with E-state index in [4.69, 9.17) is 0 Å². The number of carbonyl (C=O) groups excluding carboxylic acids is 2. The minimum absolute atomic E-state index is 0.000631. The van der Waals surface area contributed by atoms with Crippen molar-refractivity contribution in [3.8, 4) is 0 Å². The average molecular weight is 340 g/mol. The minimum Gasteiger partial charge on any atom is -0.335 e. The topological polar surface area (TPSA) is 40.6 Å². The fourth-order valence-electron chi connectivity index (χ4n) is 3.17. The van der Waals surface area contributed by atoms with Gasteiger partial charge in [0.2, 0.25) is 0 Å². The Morgan fingerprint density at radius 3 is 1.68 bits per heavy atom. The van der Waals surface area contributed by atoms with Gasteiger partial charge >= 0.3 is 0 Å². The van der Waals surface area contributed by atoms with Gasteiger partial charge in [-0.25, -0.2) is 4.39 Å². The zero-order chi connectivity index (χ0) is 18.0. The Morgan fingerprint density at radius 2 is 1.20 bits per heavy atom. The molecule has 4 nitrogen and oxygen atoms in total. The number of hydrogen-bond acceptors (Lipinski definition) is 2. The first kappa shape index (κ1) is 17.1. The maximum atomic E-state index is 13.0. The second kappa shape index (κ2) is 7.05. The van der Waals surface area contributed by atoms with Gasteiger partial charge in [0.15, 0.2) is 0 Å². The van der Waals surface area contributed by atoms with Crippen LogP contribution in [0.3, 0.4) is 0 Å². The molecule has 0 spiro atoms. The van der Waals surface area contributed by atoms with Gasteiger partial charge in [-0.15, -0.1) is 0 Å². The molecule has 1 aliphatic heterocycles. The summed E-state index contributed by atoms with van der Waals surface area (Å²) >= 11 is 0. The molecule has 130 valence electrons. The molecule has 5 heteroatoms. The number of aryl methyl sites for hydroxylation is 2. The molecule has 2 amide bonds. The first-order valence-electron chi connectivity index (χ1n) is 8.36. The predicted octanol–water partition coefficient (Wildman–Crippen LogP) is 3.04. The van der Waals surface area contributed by atoms with E-state index in [1.54, 1.807) is 9.80 Å². The molecule has 0 unspecified atom stereocenters. The lowest BCUT2D eigenvalue weighted by Crippen LogP contribution is -2.50. The minimum atomic E-state index is -0.361. The van der Waals surface area contributed by atoms with E-state index in [0.717, 1.165) is 11.1 Å². The monoisotopic (exact) mass is 340 g/mol. The SMILES string of the molecule is Cc1cc(C)cc(C(=O)N2CCN(C(=O)c3ccc(F)cc3)CC2)c1. The molecule has 2 aromatic rings. The number of carbonyl (C=O) groups is 2. The molecule has 1 aliphatic rings. The van der Waals surface area contributed by atoms with E-state index in [1.807, 2.05) is 32.0 Å². The highest BCUT2D eigenvalue weighted by Gasteiger charge is 2.25. The Kier molecular flexibility index (Phi) is 4.83. The standard InChI is InChI=1S/C20H21FN2O2/c1-14-11-15(2)13-17(12-14)20(25)23-9-7-22(8-10-23)19(24)16-3-5-18(21)6-4-16/h3-6,11-13H,7-10H2,1-2H3. The van der Waals surface area contributed by atoms with Crippen molar-refractivity contribution in [1.82, 2.24) is 9.80 Å². The van der Waals surface area contributed by atoms with E-state index >= 15 is 0 Å². The van der Waals surface area contributed by atoms with Crippen LogP contribution < -0.4 is 0 Å². The van der Waals surface area contributed by atoms with Gasteiger partial charge in [0, 0.05) is 37.3 Å². The fraction of sp³-hybridized carbons (Fsp3) is 0.300. The summed E-state index contributed by atoms with van der Waals surface area (Å²) in [5.74, 6) is -0.486. The molecule has 1 fully saturated rings. The fourth-order valence-corrected chi connectivity index (χ4v) is 3.17. The summed E-state index contributed by atoms with van der Waals surface area (Å²) in [4.78, 5) is 28.6. The summed E-state index contributed by atoms with van der Waals surface area (Å²) in [6.45, 7) is 5.91. The van der Waals surface area contributed by atoms with Gasteiger partial charge in [-0.05, 0) is 50.2 Å². The van der Waals surface area contributed by atoms with E-state index in [-0.39, 0.29) is 17.6 Å². The van der Waals surface area contributed by atoms with Crippen molar-refractivity contribution >= 4 is 11.8 Å². The Bertz CT molecular complexity index is 774. The number of piperazine rings is 1. The molecule has 0 N–H and O–H groups in total. The van der Waals surface area contributed by atoms with Crippen LogP contribution in [0.15, 0.2) is 42.5 Å². The predicted molar refractivity (Wildman–Crippen MR) is 94.1 cm³/mol. The Morgan fingerprint density at radius 1 is 0.760 bits per heavy atom. The zero-order valence-corrected chi connectivity index (χ0v) is 14.5. The number of halogens is 1. The van der Waals surface area contributed by atoms with Gasteiger partial charge in [-0.1, -0.05) is 17.2 Å². The van der Waals surface area contributed by atoms with Gasteiger partial charge in [0.1, 0.15) is 5.82 Å². The van der Waals surface area contributed by atoms with Crippen LogP contribution in [0.2, 0.25) is 0 Å². The number of nitrogens with zero attached hydrogens (tertiary/aromatic N) is 2. The van der Waals surface area contributed by atoms with Crippen LogP contribution in [0, 0.1) is 19.7 Å². The van der Waals surface area contributed by atoms with Crippen LogP contribution in [-0.4, -0.2) is 47.8 Å². The summed E-state index contributed by atoms with van der Waals surface area (Å²) in [6, 6.07) is 11.4. The summed E-state index contributed by atoms with van der Waals surface area (Å²) in [5, 5.41) is 0. The Labute approximate surface area is 146 Å². The lowest BCUT2D eigenvalue weighted by atomic mass is 10.1. The number of benzene rings is 2. The summed E-state index contributed by atoms with van der Waals surface area (Å²) in [6.07, 6.45) is 0. The van der Waals surface area contributed by atoms with Crippen LogP contribution in [0.5, 0.6) is 0 Å². The summed E-state index contributed by atoms with van der Waals surface area (Å²) in [7, 11) is 0. The van der Waals surface area contributed by atoms with Crippen molar-refractivity contribution in [2.45, 2.75) is 13.8 Å². The first-order chi connectivity index (χ1) is 11.9. The normalized spacial score (nSPS) is 14.5. The van der Waals surface area contributed by atoms with Crippen molar-refractivity contribution in [3.63, 3.8) is 0 Å². The number of amides is 2. The average Bonchev–Trinajstić information content (AvgIpc) is 2.60. The van der Waals surface area contributed by atoms with E-state index < -0.39 is 0 Å². The number of rotatable bonds is 2. The maximum absolute atomic E-state index is 13.0. The Balaban J connectivity index is 1.64. The lowest BCUT2D eigenvalue weighted by Gasteiger charge is -2.35. The van der Waals surface area contributed by atoms with Gasteiger partial charge in [-0.3, -0.25) is 9.59 Å².